The molecule has 0 amide bonds. The number of hydrogen-bond donors (Lipinski definition) is 2. The summed E-state index contributed by atoms with van der Waals surface area (Å²) in [6, 6.07) is 6.44. The van der Waals surface area contributed by atoms with E-state index in [1.165, 1.54) is 16.7 Å². The second-order valence-corrected chi connectivity index (χ2v) is 3.84. The van der Waals surface area contributed by atoms with Gasteiger partial charge in [-0.25, -0.2) is 0 Å². The minimum Gasteiger partial charge on any atom is -0.330 e. The van der Waals surface area contributed by atoms with Gasteiger partial charge in [0.1, 0.15) is 0 Å². The van der Waals surface area contributed by atoms with Crippen molar-refractivity contribution < 1.29 is 0 Å². The van der Waals surface area contributed by atoms with Gasteiger partial charge in [-0.1, -0.05) is 18.2 Å². The lowest BCUT2D eigenvalue weighted by Gasteiger charge is -2.16. The number of nitrogens with two attached hydrogens (primary N) is 2. The first kappa shape index (κ1) is 14.4. The zero-order valence-corrected chi connectivity index (χ0v) is 10.3. The molecule has 0 aliphatic carbocycles. The van der Waals surface area contributed by atoms with Crippen molar-refractivity contribution >= 4 is 12.4 Å². The molecule has 1 aromatic rings. The average molecular weight is 229 g/mol. The van der Waals surface area contributed by atoms with Crippen LogP contribution in [0, 0.1) is 13.8 Å². The highest BCUT2D eigenvalue weighted by molar-refractivity contribution is 5.85. The van der Waals surface area contributed by atoms with Crippen LogP contribution in [0.1, 0.15) is 35.6 Å². The summed E-state index contributed by atoms with van der Waals surface area (Å²) in [4.78, 5) is 0. The van der Waals surface area contributed by atoms with Crippen LogP contribution in [0.4, 0.5) is 0 Å². The fourth-order valence-corrected chi connectivity index (χ4v) is 1.89. The first-order chi connectivity index (χ1) is 6.66. The Morgan fingerprint density at radius 1 is 1.20 bits per heavy atom. The third-order valence-electron chi connectivity index (χ3n) is 2.63. The van der Waals surface area contributed by atoms with E-state index >= 15 is 0 Å². The van der Waals surface area contributed by atoms with Crippen LogP contribution in [-0.2, 0) is 0 Å². The SMILES string of the molecule is Cc1cccc(C)c1[C@@H](N)CCCN.Cl. The van der Waals surface area contributed by atoms with Gasteiger partial charge < -0.3 is 11.5 Å². The molecule has 0 heterocycles. The molecule has 0 unspecified atom stereocenters. The molecule has 2 nitrogen and oxygen atoms in total. The van der Waals surface area contributed by atoms with Gasteiger partial charge in [-0.15, -0.1) is 12.4 Å². The number of aryl methyl sites for hydroxylation is 2. The Bertz CT molecular complexity index is 279. The maximum Gasteiger partial charge on any atom is 0.0300 e. The van der Waals surface area contributed by atoms with Gasteiger partial charge in [0.2, 0.25) is 0 Å². The normalized spacial score (nSPS) is 12.0. The first-order valence-electron chi connectivity index (χ1n) is 5.18. The molecule has 1 aromatic carbocycles. The molecule has 0 aromatic heterocycles. The molecule has 0 saturated carbocycles. The van der Waals surface area contributed by atoms with Crippen molar-refractivity contribution in [3.05, 3.63) is 34.9 Å². The molecule has 0 bridgehead atoms. The minimum absolute atomic E-state index is 0. The van der Waals surface area contributed by atoms with Gasteiger partial charge in [-0.05, 0) is 49.9 Å². The Morgan fingerprint density at radius 3 is 2.20 bits per heavy atom. The van der Waals surface area contributed by atoms with Crippen LogP contribution in [0.25, 0.3) is 0 Å². The monoisotopic (exact) mass is 228 g/mol. The summed E-state index contributed by atoms with van der Waals surface area (Å²) >= 11 is 0. The average Bonchev–Trinajstić information content (AvgIpc) is 2.14. The van der Waals surface area contributed by atoms with Crippen molar-refractivity contribution in [2.24, 2.45) is 11.5 Å². The molecule has 0 saturated heterocycles. The highest BCUT2D eigenvalue weighted by Gasteiger charge is 2.10. The zero-order valence-electron chi connectivity index (χ0n) is 9.49. The molecule has 0 spiro atoms. The van der Waals surface area contributed by atoms with E-state index in [9.17, 15) is 0 Å². The van der Waals surface area contributed by atoms with Crippen molar-refractivity contribution in [1.29, 1.82) is 0 Å². The van der Waals surface area contributed by atoms with Crippen molar-refractivity contribution in [3.63, 3.8) is 0 Å². The van der Waals surface area contributed by atoms with Crippen LogP contribution in [-0.4, -0.2) is 6.54 Å². The Kier molecular flexibility index (Phi) is 6.57. The van der Waals surface area contributed by atoms with E-state index < -0.39 is 0 Å². The molecule has 3 heteroatoms. The van der Waals surface area contributed by atoms with E-state index in [0.717, 1.165) is 19.4 Å². The van der Waals surface area contributed by atoms with Crippen molar-refractivity contribution in [2.45, 2.75) is 32.7 Å². The predicted molar refractivity (Wildman–Crippen MR) is 68.4 cm³/mol. The second kappa shape index (κ2) is 6.83. The summed E-state index contributed by atoms with van der Waals surface area (Å²) in [5.41, 5.74) is 15.5. The second-order valence-electron chi connectivity index (χ2n) is 3.84. The molecule has 1 atom stereocenters. The van der Waals surface area contributed by atoms with E-state index in [1.54, 1.807) is 0 Å². The predicted octanol–water partition coefficient (Wildman–Crippen LogP) is 2.46. The highest BCUT2D eigenvalue weighted by atomic mass is 35.5. The molecule has 0 radical (unpaired) electrons. The van der Waals surface area contributed by atoms with Gasteiger partial charge in [0.05, 0.1) is 0 Å². The van der Waals surface area contributed by atoms with E-state index in [4.69, 9.17) is 11.5 Å². The van der Waals surface area contributed by atoms with Gasteiger partial charge in [0, 0.05) is 6.04 Å². The molecular weight excluding hydrogens is 208 g/mol. The van der Waals surface area contributed by atoms with Crippen LogP contribution in [0.2, 0.25) is 0 Å². The molecule has 0 aliphatic heterocycles. The summed E-state index contributed by atoms with van der Waals surface area (Å²) in [6.45, 7) is 4.95. The number of benzene rings is 1. The molecule has 86 valence electrons. The lowest BCUT2D eigenvalue weighted by molar-refractivity contribution is 0.612. The third kappa shape index (κ3) is 3.82. The van der Waals surface area contributed by atoms with Gasteiger partial charge in [0.15, 0.2) is 0 Å². The lowest BCUT2D eigenvalue weighted by atomic mass is 9.94. The maximum atomic E-state index is 6.13. The Morgan fingerprint density at radius 2 is 1.73 bits per heavy atom. The molecular formula is C12H21ClN2. The minimum atomic E-state index is 0. The van der Waals surface area contributed by atoms with E-state index in [1.807, 2.05) is 0 Å². The quantitative estimate of drug-likeness (QED) is 0.832. The van der Waals surface area contributed by atoms with Crippen LogP contribution < -0.4 is 11.5 Å². The van der Waals surface area contributed by atoms with Crippen molar-refractivity contribution in [1.82, 2.24) is 0 Å². The Balaban J connectivity index is 0.00000196. The Labute approximate surface area is 98.5 Å². The topological polar surface area (TPSA) is 52.0 Å². The number of rotatable bonds is 4. The molecule has 15 heavy (non-hydrogen) atoms. The van der Waals surface area contributed by atoms with Crippen LogP contribution >= 0.6 is 12.4 Å². The molecule has 0 aliphatic rings. The fourth-order valence-electron chi connectivity index (χ4n) is 1.89. The summed E-state index contributed by atoms with van der Waals surface area (Å²) < 4.78 is 0. The smallest absolute Gasteiger partial charge is 0.0300 e. The third-order valence-corrected chi connectivity index (χ3v) is 2.63. The highest BCUT2D eigenvalue weighted by Crippen LogP contribution is 2.22. The van der Waals surface area contributed by atoms with E-state index in [-0.39, 0.29) is 18.4 Å². The van der Waals surface area contributed by atoms with Gasteiger partial charge in [-0.3, -0.25) is 0 Å². The van der Waals surface area contributed by atoms with Crippen LogP contribution in [0.3, 0.4) is 0 Å². The lowest BCUT2D eigenvalue weighted by Crippen LogP contribution is -2.15. The fraction of sp³-hybridized carbons (Fsp3) is 0.500. The summed E-state index contributed by atoms with van der Waals surface area (Å²) in [5.74, 6) is 0. The summed E-state index contributed by atoms with van der Waals surface area (Å²) in [7, 11) is 0. The van der Waals surface area contributed by atoms with Crippen molar-refractivity contribution in [2.75, 3.05) is 6.54 Å². The maximum absolute atomic E-state index is 6.13. The largest absolute Gasteiger partial charge is 0.330 e. The number of hydrogen-bond acceptors (Lipinski definition) is 2. The van der Waals surface area contributed by atoms with Gasteiger partial charge in [0.25, 0.3) is 0 Å². The van der Waals surface area contributed by atoms with Crippen LogP contribution in [0.15, 0.2) is 18.2 Å². The molecule has 4 N–H and O–H groups in total. The summed E-state index contributed by atoms with van der Waals surface area (Å²) in [5, 5.41) is 0. The standard InChI is InChI=1S/C12H20N2.ClH/c1-9-5-3-6-10(2)12(9)11(14)7-4-8-13;/h3,5-6,11H,4,7-8,13-14H2,1-2H3;1H/t11-;/m0./s1. The Hall–Kier alpha value is -0.570. The van der Waals surface area contributed by atoms with Crippen LogP contribution in [0.5, 0.6) is 0 Å². The molecule has 0 fully saturated rings. The first-order valence-corrected chi connectivity index (χ1v) is 5.18. The van der Waals surface area contributed by atoms with Gasteiger partial charge >= 0.3 is 0 Å². The molecule has 1 rings (SSSR count). The van der Waals surface area contributed by atoms with Gasteiger partial charge in [-0.2, -0.15) is 0 Å². The van der Waals surface area contributed by atoms with E-state index in [2.05, 4.69) is 32.0 Å². The van der Waals surface area contributed by atoms with Crippen molar-refractivity contribution in [3.8, 4) is 0 Å². The van der Waals surface area contributed by atoms with E-state index in [0.29, 0.717) is 0 Å². The summed E-state index contributed by atoms with van der Waals surface area (Å²) in [6.07, 6.45) is 1.97. The number of halogens is 1. The zero-order chi connectivity index (χ0) is 10.6.